The smallest absolute Gasteiger partial charge is 0.271 e. The van der Waals surface area contributed by atoms with E-state index in [2.05, 4.69) is 19.3 Å². The third kappa shape index (κ3) is 2.14. The van der Waals surface area contributed by atoms with E-state index in [0.717, 1.165) is 22.7 Å². The summed E-state index contributed by atoms with van der Waals surface area (Å²) in [4.78, 5) is 38.4. The molecule has 3 aliphatic rings. The lowest BCUT2D eigenvalue weighted by atomic mass is 9.81. The second-order valence-electron chi connectivity index (χ2n) is 6.69. The Labute approximate surface area is 137 Å². The van der Waals surface area contributed by atoms with Gasteiger partial charge in [-0.15, -0.1) is 11.3 Å². The molecule has 3 aliphatic heterocycles. The van der Waals surface area contributed by atoms with Crippen LogP contribution in [0.5, 0.6) is 0 Å². The van der Waals surface area contributed by atoms with Gasteiger partial charge in [0, 0.05) is 10.3 Å². The van der Waals surface area contributed by atoms with Gasteiger partial charge in [-0.3, -0.25) is 19.8 Å². The van der Waals surface area contributed by atoms with E-state index in [-0.39, 0.29) is 24.0 Å². The van der Waals surface area contributed by atoms with Crippen molar-refractivity contribution in [2.75, 3.05) is 0 Å². The van der Waals surface area contributed by atoms with Crippen molar-refractivity contribution in [2.24, 2.45) is 11.8 Å². The van der Waals surface area contributed by atoms with Crippen molar-refractivity contribution < 1.29 is 19.1 Å². The van der Waals surface area contributed by atoms with Gasteiger partial charge >= 0.3 is 0 Å². The summed E-state index contributed by atoms with van der Waals surface area (Å²) in [5, 5.41) is 2.67. The van der Waals surface area contributed by atoms with Crippen molar-refractivity contribution in [3.63, 3.8) is 0 Å². The van der Waals surface area contributed by atoms with Crippen LogP contribution in [0.25, 0.3) is 0 Å². The highest BCUT2D eigenvalue weighted by molar-refractivity contribution is 7.10. The summed E-state index contributed by atoms with van der Waals surface area (Å²) in [6, 6.07) is 1.81. The average molecular weight is 334 g/mol. The van der Waals surface area contributed by atoms with Crippen molar-refractivity contribution in [1.29, 1.82) is 0 Å². The van der Waals surface area contributed by atoms with Gasteiger partial charge in [0.2, 0.25) is 0 Å². The first-order chi connectivity index (χ1) is 11.0. The fourth-order valence-electron chi connectivity index (χ4n) is 3.76. The molecule has 0 aromatic carbocycles. The molecule has 7 heteroatoms. The normalized spacial score (nSPS) is 32.0. The van der Waals surface area contributed by atoms with E-state index in [4.69, 9.17) is 4.74 Å². The fraction of sp³-hybridized carbons (Fsp3) is 0.562. The number of carbonyl (C=O) groups is 3. The number of hydrogen-bond acceptors (Lipinski definition) is 5. The molecule has 3 amide bonds. The van der Waals surface area contributed by atoms with Gasteiger partial charge in [0.25, 0.3) is 17.7 Å². The second-order valence-corrected chi connectivity index (χ2v) is 7.63. The molecule has 1 aromatic heterocycles. The number of rotatable bonds is 3. The first kappa shape index (κ1) is 14.8. The Hall–Kier alpha value is -1.73. The van der Waals surface area contributed by atoms with Gasteiger partial charge in [-0.05, 0) is 24.8 Å². The summed E-state index contributed by atoms with van der Waals surface area (Å²) in [5.74, 6) is -1.59. The lowest BCUT2D eigenvalue weighted by Crippen LogP contribution is -2.47. The number of hydrogen-bond donors (Lipinski definition) is 1. The Kier molecular flexibility index (Phi) is 3.32. The van der Waals surface area contributed by atoms with E-state index in [1.54, 1.807) is 5.38 Å². The number of amides is 3. The number of carbonyl (C=O) groups excluding carboxylic acids is 3. The zero-order chi connectivity index (χ0) is 16.3. The van der Waals surface area contributed by atoms with Crippen LogP contribution in [0, 0.1) is 11.8 Å². The highest BCUT2D eigenvalue weighted by Gasteiger charge is 2.62. The van der Waals surface area contributed by atoms with Gasteiger partial charge in [-0.1, -0.05) is 13.8 Å². The summed E-state index contributed by atoms with van der Waals surface area (Å²) >= 11 is 1.50. The molecule has 6 nitrogen and oxygen atoms in total. The minimum atomic E-state index is -0.421. The Morgan fingerprint density at radius 1 is 1.26 bits per heavy atom. The minimum absolute atomic E-state index is 0.169. The molecular formula is C16H18N2O4S. The summed E-state index contributed by atoms with van der Waals surface area (Å²) < 4.78 is 5.67. The van der Waals surface area contributed by atoms with E-state index >= 15 is 0 Å². The van der Waals surface area contributed by atoms with E-state index in [1.807, 2.05) is 6.07 Å². The van der Waals surface area contributed by atoms with Crippen molar-refractivity contribution in [2.45, 2.75) is 44.8 Å². The van der Waals surface area contributed by atoms with Crippen LogP contribution in [0.3, 0.4) is 0 Å². The molecule has 0 saturated carbocycles. The average Bonchev–Trinajstić information content (AvgIpc) is 3.26. The van der Waals surface area contributed by atoms with Crippen LogP contribution in [0.2, 0.25) is 0 Å². The monoisotopic (exact) mass is 334 g/mol. The van der Waals surface area contributed by atoms with Gasteiger partial charge in [0.1, 0.15) is 0 Å². The quantitative estimate of drug-likeness (QED) is 0.853. The Morgan fingerprint density at radius 2 is 1.87 bits per heavy atom. The number of nitrogens with zero attached hydrogens (tertiary/aromatic N) is 1. The first-order valence-electron chi connectivity index (χ1n) is 7.90. The van der Waals surface area contributed by atoms with Gasteiger partial charge in [-0.25, -0.2) is 0 Å². The Balaban J connectivity index is 1.51. The molecule has 0 aliphatic carbocycles. The molecule has 0 radical (unpaired) electrons. The maximum absolute atomic E-state index is 12.5. The number of imide groups is 1. The number of nitrogens with one attached hydrogen (secondary N) is 1. The van der Waals surface area contributed by atoms with Crippen molar-refractivity contribution in [1.82, 2.24) is 10.4 Å². The van der Waals surface area contributed by atoms with Crippen LogP contribution in [0.1, 0.15) is 47.8 Å². The standard InChI is InChI=1S/C16H18N2O4S/c1-7(2)11-5-8(6-23-11)14(19)17-18-15(20)12-9-3-4-10(22-9)13(12)16(18)21/h5-7,9-10,12-13H,3-4H2,1-2H3,(H,17,19)/t9-,10-,12-,13-/m0/s1. The SMILES string of the molecule is CC(C)c1cc(C(=O)NN2C(=O)[C@@H]3[C@@H](C2=O)[C@@H]2CC[C@@H]3O2)cs1. The van der Waals surface area contributed by atoms with E-state index < -0.39 is 17.7 Å². The van der Waals surface area contributed by atoms with E-state index in [1.165, 1.54) is 11.3 Å². The zero-order valence-electron chi connectivity index (χ0n) is 12.9. The Bertz CT molecular complexity index is 670. The molecular weight excluding hydrogens is 316 g/mol. The largest absolute Gasteiger partial charge is 0.373 e. The molecule has 0 unspecified atom stereocenters. The van der Waals surface area contributed by atoms with Crippen LogP contribution in [0.4, 0.5) is 0 Å². The van der Waals surface area contributed by atoms with Crippen molar-refractivity contribution in [3.8, 4) is 0 Å². The number of thiophene rings is 1. The third-order valence-corrected chi connectivity index (χ3v) is 6.18. The highest BCUT2D eigenvalue weighted by Crippen LogP contribution is 2.48. The summed E-state index contributed by atoms with van der Waals surface area (Å²) in [6.07, 6.45) is 1.29. The van der Waals surface area contributed by atoms with E-state index in [0.29, 0.717) is 11.5 Å². The predicted octanol–water partition coefficient (Wildman–Crippen LogP) is 1.68. The predicted molar refractivity (Wildman–Crippen MR) is 82.6 cm³/mol. The van der Waals surface area contributed by atoms with Crippen LogP contribution in [0.15, 0.2) is 11.4 Å². The molecule has 3 saturated heterocycles. The molecule has 23 heavy (non-hydrogen) atoms. The summed E-state index contributed by atoms with van der Waals surface area (Å²) in [5.41, 5.74) is 2.97. The van der Waals surface area contributed by atoms with E-state index in [9.17, 15) is 14.4 Å². The van der Waals surface area contributed by atoms with Crippen LogP contribution >= 0.6 is 11.3 Å². The molecule has 0 spiro atoms. The number of ether oxygens (including phenoxy) is 1. The minimum Gasteiger partial charge on any atom is -0.373 e. The molecule has 3 fully saturated rings. The van der Waals surface area contributed by atoms with Crippen molar-refractivity contribution >= 4 is 29.1 Å². The molecule has 2 bridgehead atoms. The van der Waals surface area contributed by atoms with Gasteiger partial charge in [-0.2, -0.15) is 5.01 Å². The lowest BCUT2D eigenvalue weighted by Gasteiger charge is -2.17. The van der Waals surface area contributed by atoms with Crippen LogP contribution in [-0.4, -0.2) is 34.9 Å². The maximum Gasteiger partial charge on any atom is 0.271 e. The third-order valence-electron chi connectivity index (χ3n) is 4.95. The van der Waals surface area contributed by atoms with Crippen LogP contribution < -0.4 is 5.43 Å². The summed E-state index contributed by atoms with van der Waals surface area (Å²) in [7, 11) is 0. The maximum atomic E-state index is 12.5. The molecule has 4 heterocycles. The molecule has 1 aromatic rings. The lowest BCUT2D eigenvalue weighted by molar-refractivity contribution is -0.145. The van der Waals surface area contributed by atoms with Gasteiger partial charge in [0.05, 0.1) is 29.6 Å². The van der Waals surface area contributed by atoms with Crippen molar-refractivity contribution in [3.05, 3.63) is 21.9 Å². The number of fused-ring (bicyclic) bond motifs is 5. The highest BCUT2D eigenvalue weighted by atomic mass is 32.1. The molecule has 4 rings (SSSR count). The molecule has 122 valence electrons. The topological polar surface area (TPSA) is 75.7 Å². The molecule has 1 N–H and O–H groups in total. The molecule has 4 atom stereocenters. The van der Waals surface area contributed by atoms with Crippen LogP contribution in [-0.2, 0) is 14.3 Å². The number of hydrazine groups is 1. The first-order valence-corrected chi connectivity index (χ1v) is 8.78. The fourth-order valence-corrected chi connectivity index (χ4v) is 4.67. The Morgan fingerprint density at radius 3 is 2.39 bits per heavy atom. The zero-order valence-corrected chi connectivity index (χ0v) is 13.8. The second kappa shape index (κ2) is 5.14. The summed E-state index contributed by atoms with van der Waals surface area (Å²) in [6.45, 7) is 4.11. The van der Waals surface area contributed by atoms with Gasteiger partial charge in [0.15, 0.2) is 0 Å². The van der Waals surface area contributed by atoms with Gasteiger partial charge < -0.3 is 4.74 Å².